The molecule has 7 heteroatoms. The zero-order chi connectivity index (χ0) is 19.3. The van der Waals surface area contributed by atoms with Gasteiger partial charge in [-0.25, -0.2) is 4.98 Å². The van der Waals surface area contributed by atoms with E-state index in [1.54, 1.807) is 10.7 Å². The number of nitriles is 1. The Labute approximate surface area is 164 Å². The van der Waals surface area contributed by atoms with Gasteiger partial charge in [-0.2, -0.15) is 9.78 Å². The van der Waals surface area contributed by atoms with Crippen LogP contribution in [0.4, 0.5) is 17.2 Å². The molecule has 2 N–H and O–H groups in total. The topological polar surface area (TPSA) is 87.3 Å². The third kappa shape index (κ3) is 3.86. The molecule has 1 aliphatic rings. The van der Waals surface area contributed by atoms with Crippen LogP contribution in [0.1, 0.15) is 44.7 Å². The smallest absolute Gasteiger partial charge is 0.178 e. The van der Waals surface area contributed by atoms with Gasteiger partial charge in [0.15, 0.2) is 11.3 Å². The third-order valence-corrected chi connectivity index (χ3v) is 4.98. The van der Waals surface area contributed by atoms with Crippen molar-refractivity contribution in [2.45, 2.75) is 45.1 Å². The second-order valence-electron chi connectivity index (χ2n) is 7.00. The maximum absolute atomic E-state index is 9.39. The molecule has 4 rings (SSSR count). The number of hydrogen-bond acceptors (Lipinski definition) is 6. The summed E-state index contributed by atoms with van der Waals surface area (Å²) in [7, 11) is 0. The Bertz CT molecular complexity index is 983. The maximum Gasteiger partial charge on any atom is 0.178 e. The van der Waals surface area contributed by atoms with Gasteiger partial charge in [-0.1, -0.05) is 19.3 Å². The van der Waals surface area contributed by atoms with Gasteiger partial charge in [0.25, 0.3) is 0 Å². The van der Waals surface area contributed by atoms with E-state index in [-0.39, 0.29) is 0 Å². The zero-order valence-corrected chi connectivity index (χ0v) is 16.0. The van der Waals surface area contributed by atoms with Gasteiger partial charge >= 0.3 is 0 Å². The number of anilines is 3. The van der Waals surface area contributed by atoms with Gasteiger partial charge in [-0.3, -0.25) is 0 Å². The second kappa shape index (κ2) is 8.17. The lowest BCUT2D eigenvalue weighted by molar-refractivity contribution is 0.340. The molecule has 2 aromatic heterocycles. The van der Waals surface area contributed by atoms with E-state index >= 15 is 0 Å². The summed E-state index contributed by atoms with van der Waals surface area (Å²) in [6.45, 7) is 2.60. The molecule has 1 aliphatic carbocycles. The number of ether oxygens (including phenoxy) is 1. The van der Waals surface area contributed by atoms with Crippen LogP contribution in [-0.2, 0) is 0 Å². The molecule has 0 aliphatic heterocycles. The fourth-order valence-electron chi connectivity index (χ4n) is 3.62. The molecule has 1 saturated carbocycles. The Hall–Kier alpha value is -3.27. The molecule has 2 heterocycles. The number of imidazole rings is 1. The highest BCUT2D eigenvalue weighted by Crippen LogP contribution is 2.27. The van der Waals surface area contributed by atoms with Crippen molar-refractivity contribution < 1.29 is 4.74 Å². The normalized spacial score (nSPS) is 14.6. The molecule has 1 fully saturated rings. The van der Waals surface area contributed by atoms with Crippen molar-refractivity contribution in [3.63, 3.8) is 0 Å². The van der Waals surface area contributed by atoms with Crippen LogP contribution in [0.15, 0.2) is 36.5 Å². The van der Waals surface area contributed by atoms with Gasteiger partial charge in [-0.05, 0) is 44.0 Å². The van der Waals surface area contributed by atoms with Gasteiger partial charge < -0.3 is 15.4 Å². The van der Waals surface area contributed by atoms with E-state index in [4.69, 9.17) is 4.74 Å². The highest BCUT2D eigenvalue weighted by Gasteiger charge is 2.16. The lowest BCUT2D eigenvalue weighted by atomic mass is 9.95. The Morgan fingerprint density at radius 1 is 1.21 bits per heavy atom. The summed E-state index contributed by atoms with van der Waals surface area (Å²) in [5, 5.41) is 20.9. The number of nitrogens with one attached hydrogen (secondary N) is 2. The monoisotopic (exact) mass is 376 g/mol. The lowest BCUT2D eigenvalue weighted by Gasteiger charge is -2.23. The molecule has 144 valence electrons. The molecule has 0 spiro atoms. The summed E-state index contributed by atoms with van der Waals surface area (Å²) in [5.41, 5.74) is 2.76. The first-order valence-corrected chi connectivity index (χ1v) is 9.82. The average molecular weight is 376 g/mol. The Kier molecular flexibility index (Phi) is 5.29. The summed E-state index contributed by atoms with van der Waals surface area (Å²) < 4.78 is 7.10. The molecule has 0 bridgehead atoms. The number of hydrogen-bond donors (Lipinski definition) is 2. The molecule has 3 aromatic rings. The van der Waals surface area contributed by atoms with Crippen LogP contribution in [0.2, 0.25) is 0 Å². The van der Waals surface area contributed by atoms with Crippen LogP contribution in [0.25, 0.3) is 5.65 Å². The molecule has 0 atom stereocenters. The van der Waals surface area contributed by atoms with Crippen molar-refractivity contribution in [3.8, 4) is 11.8 Å². The first-order chi connectivity index (χ1) is 13.8. The lowest BCUT2D eigenvalue weighted by Crippen LogP contribution is -2.23. The first kappa shape index (κ1) is 18.1. The molecular formula is C21H24N6O. The highest BCUT2D eigenvalue weighted by molar-refractivity contribution is 5.76. The SMILES string of the molecule is CCOc1ccc(Nc2cc(NC3CCCCC3)nn3c(C#N)cnc23)cc1. The maximum atomic E-state index is 9.39. The molecule has 7 nitrogen and oxygen atoms in total. The molecule has 0 saturated heterocycles. The van der Waals surface area contributed by atoms with Crippen molar-refractivity contribution in [1.82, 2.24) is 14.6 Å². The van der Waals surface area contributed by atoms with E-state index in [0.717, 1.165) is 35.8 Å². The quantitative estimate of drug-likeness (QED) is 0.659. The standard InChI is InChI=1S/C21H24N6O/c1-2-28-18-10-8-16(9-11-18)24-19-12-20(25-15-6-4-3-5-7-15)26-27-17(13-22)14-23-21(19)27/h8-12,14-15,24H,2-7H2,1H3,(H,25,26). The highest BCUT2D eigenvalue weighted by atomic mass is 16.5. The molecule has 0 unspecified atom stereocenters. The van der Waals surface area contributed by atoms with Gasteiger partial charge in [-0.15, -0.1) is 5.10 Å². The first-order valence-electron chi connectivity index (χ1n) is 9.82. The Morgan fingerprint density at radius 3 is 2.71 bits per heavy atom. The van der Waals surface area contributed by atoms with Crippen molar-refractivity contribution in [2.75, 3.05) is 17.2 Å². The van der Waals surface area contributed by atoms with E-state index in [1.807, 2.05) is 37.3 Å². The minimum absolute atomic E-state index is 0.414. The molecule has 1 aromatic carbocycles. The van der Waals surface area contributed by atoms with Crippen LogP contribution in [0, 0.1) is 11.3 Å². The molecular weight excluding hydrogens is 352 g/mol. The number of rotatable bonds is 6. The van der Waals surface area contributed by atoms with Crippen molar-refractivity contribution in [1.29, 1.82) is 5.26 Å². The van der Waals surface area contributed by atoms with Gasteiger partial charge in [0.1, 0.15) is 17.6 Å². The number of fused-ring (bicyclic) bond motifs is 1. The largest absolute Gasteiger partial charge is 0.494 e. The minimum Gasteiger partial charge on any atom is -0.494 e. The fourth-order valence-corrected chi connectivity index (χ4v) is 3.62. The van der Waals surface area contributed by atoms with E-state index in [9.17, 15) is 5.26 Å². The van der Waals surface area contributed by atoms with Crippen molar-refractivity contribution >= 4 is 22.8 Å². The summed E-state index contributed by atoms with van der Waals surface area (Å²) in [6, 6.07) is 12.3. The predicted octanol–water partition coefficient (Wildman–Crippen LogP) is 4.49. The van der Waals surface area contributed by atoms with Crippen LogP contribution >= 0.6 is 0 Å². The van der Waals surface area contributed by atoms with Crippen LogP contribution < -0.4 is 15.4 Å². The summed E-state index contributed by atoms with van der Waals surface area (Å²) in [4.78, 5) is 4.38. The Balaban J connectivity index is 1.65. The second-order valence-corrected chi connectivity index (χ2v) is 7.00. The predicted molar refractivity (Wildman–Crippen MR) is 109 cm³/mol. The Morgan fingerprint density at radius 2 is 2.00 bits per heavy atom. The number of aromatic nitrogens is 3. The van der Waals surface area contributed by atoms with Gasteiger partial charge in [0, 0.05) is 17.8 Å². The molecule has 0 radical (unpaired) electrons. The van der Waals surface area contributed by atoms with Gasteiger partial charge in [0.05, 0.1) is 18.5 Å². The van der Waals surface area contributed by atoms with E-state index in [1.165, 1.54) is 19.3 Å². The number of nitrogens with zero attached hydrogens (tertiary/aromatic N) is 4. The molecule has 0 amide bonds. The van der Waals surface area contributed by atoms with Gasteiger partial charge in [0.2, 0.25) is 0 Å². The molecule has 28 heavy (non-hydrogen) atoms. The summed E-state index contributed by atoms with van der Waals surface area (Å²) in [5.74, 6) is 1.59. The van der Waals surface area contributed by atoms with E-state index in [2.05, 4.69) is 26.8 Å². The average Bonchev–Trinajstić information content (AvgIpc) is 3.14. The van der Waals surface area contributed by atoms with Crippen LogP contribution in [0.3, 0.4) is 0 Å². The third-order valence-electron chi connectivity index (χ3n) is 4.98. The zero-order valence-electron chi connectivity index (χ0n) is 16.0. The summed E-state index contributed by atoms with van der Waals surface area (Å²) >= 11 is 0. The van der Waals surface area contributed by atoms with E-state index in [0.29, 0.717) is 24.0 Å². The van der Waals surface area contributed by atoms with Crippen molar-refractivity contribution in [2.24, 2.45) is 0 Å². The fraction of sp³-hybridized carbons (Fsp3) is 0.381. The van der Waals surface area contributed by atoms with Crippen LogP contribution in [0.5, 0.6) is 5.75 Å². The van der Waals surface area contributed by atoms with Crippen molar-refractivity contribution in [3.05, 3.63) is 42.2 Å². The van der Waals surface area contributed by atoms with E-state index < -0.39 is 0 Å². The summed E-state index contributed by atoms with van der Waals surface area (Å²) in [6.07, 6.45) is 7.63. The number of benzene rings is 1. The minimum atomic E-state index is 0.414. The van der Waals surface area contributed by atoms with Crippen LogP contribution in [-0.4, -0.2) is 27.2 Å².